The van der Waals surface area contributed by atoms with Crippen LogP contribution in [-0.2, 0) is 4.79 Å². The van der Waals surface area contributed by atoms with Crippen molar-refractivity contribution in [2.45, 2.75) is 18.7 Å². The number of hydrogen-bond donors (Lipinski definition) is 3. The second-order valence-electron chi connectivity index (χ2n) is 4.55. The molecule has 0 aliphatic heterocycles. The number of nitrogen functional groups attached to an aromatic ring is 1. The van der Waals surface area contributed by atoms with Crippen molar-refractivity contribution in [1.82, 2.24) is 5.43 Å². The molecule has 1 amide bonds. The Morgan fingerprint density at radius 2 is 2.17 bits per heavy atom. The summed E-state index contributed by atoms with van der Waals surface area (Å²) in [5.41, 5.74) is 8.16. The Morgan fingerprint density at radius 1 is 1.50 bits per heavy atom. The average molecular weight is 269 g/mol. The van der Waals surface area contributed by atoms with Gasteiger partial charge in [-0.15, -0.1) is 11.8 Å². The average Bonchev–Trinajstić information content (AvgIpc) is 2.36. The lowest BCUT2D eigenvalue weighted by atomic mass is 9.96. The van der Waals surface area contributed by atoms with Gasteiger partial charge in [0, 0.05) is 16.3 Å². The summed E-state index contributed by atoms with van der Waals surface area (Å²) in [7, 11) is 1.60. The molecule has 5 N–H and O–H groups in total. The van der Waals surface area contributed by atoms with Crippen LogP contribution in [0.1, 0.15) is 13.8 Å². The van der Waals surface area contributed by atoms with Crippen molar-refractivity contribution in [3.8, 4) is 5.75 Å². The molecule has 0 unspecified atom stereocenters. The molecular weight excluding hydrogens is 250 g/mol. The zero-order chi connectivity index (χ0) is 13.8. The van der Waals surface area contributed by atoms with Crippen LogP contribution in [-0.4, -0.2) is 18.8 Å². The highest BCUT2D eigenvalue weighted by Crippen LogP contribution is 2.33. The van der Waals surface area contributed by atoms with Crippen LogP contribution < -0.4 is 21.7 Å². The van der Waals surface area contributed by atoms with Gasteiger partial charge in [0.1, 0.15) is 5.75 Å². The SMILES string of the molecule is COc1ccc(N)c(SCC(C)(C)C(=O)NN)c1. The van der Waals surface area contributed by atoms with E-state index in [1.54, 1.807) is 19.2 Å². The fraction of sp³-hybridized carbons (Fsp3) is 0.417. The molecule has 6 heteroatoms. The number of hydrazine groups is 1. The second kappa shape index (κ2) is 5.97. The topological polar surface area (TPSA) is 90.4 Å². The van der Waals surface area contributed by atoms with Crippen molar-refractivity contribution in [3.05, 3.63) is 18.2 Å². The summed E-state index contributed by atoms with van der Waals surface area (Å²) in [5, 5.41) is 0. The molecule has 0 aromatic heterocycles. The maximum atomic E-state index is 11.6. The van der Waals surface area contributed by atoms with Crippen molar-refractivity contribution >= 4 is 23.4 Å². The molecule has 0 bridgehead atoms. The van der Waals surface area contributed by atoms with Gasteiger partial charge in [-0.25, -0.2) is 5.84 Å². The number of anilines is 1. The molecule has 0 saturated carbocycles. The lowest BCUT2D eigenvalue weighted by Crippen LogP contribution is -2.42. The zero-order valence-corrected chi connectivity index (χ0v) is 11.6. The number of ether oxygens (including phenoxy) is 1. The zero-order valence-electron chi connectivity index (χ0n) is 10.8. The Balaban J connectivity index is 2.77. The first-order valence-corrected chi connectivity index (χ1v) is 6.46. The molecule has 0 fully saturated rings. The molecule has 0 aliphatic rings. The number of hydrogen-bond acceptors (Lipinski definition) is 5. The van der Waals surface area contributed by atoms with E-state index in [0.29, 0.717) is 11.4 Å². The Bertz CT molecular complexity index is 435. The van der Waals surface area contributed by atoms with E-state index in [-0.39, 0.29) is 5.91 Å². The Hall–Kier alpha value is -1.40. The van der Waals surface area contributed by atoms with Gasteiger partial charge in [-0.05, 0) is 18.2 Å². The highest BCUT2D eigenvalue weighted by atomic mass is 32.2. The first-order valence-electron chi connectivity index (χ1n) is 5.48. The molecule has 1 aromatic carbocycles. The maximum Gasteiger partial charge on any atom is 0.240 e. The normalized spacial score (nSPS) is 11.1. The fourth-order valence-corrected chi connectivity index (χ4v) is 2.37. The molecule has 1 rings (SSSR count). The van der Waals surface area contributed by atoms with E-state index in [4.69, 9.17) is 16.3 Å². The minimum Gasteiger partial charge on any atom is -0.497 e. The van der Waals surface area contributed by atoms with E-state index in [0.717, 1.165) is 10.6 Å². The lowest BCUT2D eigenvalue weighted by Gasteiger charge is -2.22. The lowest BCUT2D eigenvalue weighted by molar-refractivity contribution is -0.128. The molecule has 5 nitrogen and oxygen atoms in total. The molecule has 100 valence electrons. The summed E-state index contributed by atoms with van der Waals surface area (Å²) >= 11 is 1.51. The van der Waals surface area contributed by atoms with Crippen molar-refractivity contribution in [2.24, 2.45) is 11.3 Å². The monoisotopic (exact) mass is 269 g/mol. The summed E-state index contributed by atoms with van der Waals surface area (Å²) in [6.45, 7) is 3.66. The third-order valence-corrected chi connectivity index (χ3v) is 4.09. The number of methoxy groups -OCH3 is 1. The van der Waals surface area contributed by atoms with E-state index in [9.17, 15) is 4.79 Å². The van der Waals surface area contributed by atoms with E-state index in [2.05, 4.69) is 5.43 Å². The van der Waals surface area contributed by atoms with Crippen molar-refractivity contribution in [1.29, 1.82) is 0 Å². The quantitative estimate of drug-likeness (QED) is 0.247. The Morgan fingerprint density at radius 3 is 2.72 bits per heavy atom. The van der Waals surface area contributed by atoms with Gasteiger partial charge in [0.05, 0.1) is 12.5 Å². The summed E-state index contributed by atoms with van der Waals surface area (Å²) in [6.07, 6.45) is 0. The first-order chi connectivity index (χ1) is 8.40. The Labute approximate surface area is 111 Å². The third-order valence-electron chi connectivity index (χ3n) is 2.56. The van der Waals surface area contributed by atoms with Crippen molar-refractivity contribution < 1.29 is 9.53 Å². The number of thioether (sulfide) groups is 1. The first kappa shape index (κ1) is 14.7. The van der Waals surface area contributed by atoms with Crippen molar-refractivity contribution in [3.63, 3.8) is 0 Å². The molecule has 1 aromatic rings. The minimum atomic E-state index is -0.561. The number of rotatable bonds is 5. The standard InChI is InChI=1S/C12H19N3O2S/c1-12(2,11(16)15-14)7-18-10-6-8(17-3)4-5-9(10)13/h4-6H,7,13-14H2,1-3H3,(H,15,16). The summed E-state index contributed by atoms with van der Waals surface area (Å²) in [6, 6.07) is 5.45. The molecule has 0 atom stereocenters. The molecular formula is C12H19N3O2S. The van der Waals surface area contributed by atoms with Gasteiger partial charge in [0.25, 0.3) is 0 Å². The van der Waals surface area contributed by atoms with Gasteiger partial charge in [-0.2, -0.15) is 0 Å². The molecule has 0 spiro atoms. The van der Waals surface area contributed by atoms with Crippen LogP contribution in [0, 0.1) is 5.41 Å². The van der Waals surface area contributed by atoms with Crippen LogP contribution >= 0.6 is 11.8 Å². The third kappa shape index (κ3) is 3.54. The molecule has 18 heavy (non-hydrogen) atoms. The van der Waals surface area contributed by atoms with Crippen LogP contribution in [0.4, 0.5) is 5.69 Å². The van der Waals surface area contributed by atoms with E-state index in [1.807, 2.05) is 19.9 Å². The highest BCUT2D eigenvalue weighted by molar-refractivity contribution is 7.99. The fourth-order valence-electron chi connectivity index (χ4n) is 1.29. The van der Waals surface area contributed by atoms with Gasteiger partial charge in [0.2, 0.25) is 5.91 Å². The predicted octanol–water partition coefficient (Wildman–Crippen LogP) is 1.39. The summed E-state index contributed by atoms with van der Waals surface area (Å²) in [5.74, 6) is 6.27. The van der Waals surface area contributed by atoms with E-state index >= 15 is 0 Å². The highest BCUT2D eigenvalue weighted by Gasteiger charge is 2.27. The molecule has 0 radical (unpaired) electrons. The van der Waals surface area contributed by atoms with Crippen molar-refractivity contribution in [2.75, 3.05) is 18.6 Å². The number of nitrogens with one attached hydrogen (secondary N) is 1. The number of benzene rings is 1. The number of carbonyl (C=O) groups excluding carboxylic acids is 1. The largest absolute Gasteiger partial charge is 0.497 e. The second-order valence-corrected chi connectivity index (χ2v) is 5.57. The predicted molar refractivity (Wildman–Crippen MR) is 74.2 cm³/mol. The smallest absolute Gasteiger partial charge is 0.240 e. The number of amides is 1. The number of carbonyl (C=O) groups is 1. The molecule has 0 heterocycles. The number of nitrogens with two attached hydrogens (primary N) is 2. The van der Waals surface area contributed by atoms with Gasteiger partial charge in [0.15, 0.2) is 0 Å². The van der Waals surface area contributed by atoms with Gasteiger partial charge < -0.3 is 10.5 Å². The molecule has 0 aliphatic carbocycles. The molecule has 0 saturated heterocycles. The van der Waals surface area contributed by atoms with E-state index in [1.165, 1.54) is 11.8 Å². The van der Waals surface area contributed by atoms with Crippen LogP contribution in [0.15, 0.2) is 23.1 Å². The van der Waals surface area contributed by atoms with Crippen LogP contribution in [0.25, 0.3) is 0 Å². The van der Waals surface area contributed by atoms with Gasteiger partial charge >= 0.3 is 0 Å². The minimum absolute atomic E-state index is 0.198. The maximum absolute atomic E-state index is 11.6. The summed E-state index contributed by atoms with van der Waals surface area (Å²) < 4.78 is 5.14. The van der Waals surface area contributed by atoms with E-state index < -0.39 is 5.41 Å². The Kier molecular flexibility index (Phi) is 4.86. The van der Waals surface area contributed by atoms with Crippen LogP contribution in [0.5, 0.6) is 5.75 Å². The summed E-state index contributed by atoms with van der Waals surface area (Å²) in [4.78, 5) is 12.5. The van der Waals surface area contributed by atoms with Crippen LogP contribution in [0.3, 0.4) is 0 Å². The van der Waals surface area contributed by atoms with Gasteiger partial charge in [-0.1, -0.05) is 13.8 Å². The van der Waals surface area contributed by atoms with Gasteiger partial charge in [-0.3, -0.25) is 10.2 Å². The van der Waals surface area contributed by atoms with Crippen LogP contribution in [0.2, 0.25) is 0 Å².